The van der Waals surface area contributed by atoms with Gasteiger partial charge in [0.1, 0.15) is 10.7 Å². The largest absolute Gasteiger partial charge is 0.369 e. The third-order valence-corrected chi connectivity index (χ3v) is 12.7. The number of fused-ring (bicyclic) bond motifs is 2. The Hall–Kier alpha value is -5.08. The van der Waals surface area contributed by atoms with Crippen LogP contribution in [0.3, 0.4) is 0 Å². The van der Waals surface area contributed by atoms with E-state index in [2.05, 4.69) is 53.5 Å². The van der Waals surface area contributed by atoms with Gasteiger partial charge in [-0.1, -0.05) is 11.6 Å². The Bertz CT molecular complexity index is 2390. The zero-order chi connectivity index (χ0) is 38.7. The summed E-state index contributed by atoms with van der Waals surface area (Å²) in [5.74, 6) is 1.08. The number of aryl methyl sites for hydroxylation is 1. The molecule has 3 aliphatic heterocycles. The lowest BCUT2D eigenvalue weighted by Crippen LogP contribution is -2.58. The lowest BCUT2D eigenvalue weighted by Gasteiger charge is -2.54. The molecule has 56 heavy (non-hydrogen) atoms. The molecule has 15 heteroatoms. The number of imide groups is 1. The van der Waals surface area contributed by atoms with Gasteiger partial charge in [-0.25, -0.2) is 9.97 Å². The minimum atomic E-state index is -0.395. The molecule has 9 rings (SSSR count). The topological polar surface area (TPSA) is 146 Å². The van der Waals surface area contributed by atoms with Crippen LogP contribution in [0.5, 0.6) is 0 Å². The van der Waals surface area contributed by atoms with Crippen molar-refractivity contribution in [2.75, 3.05) is 60.9 Å². The fourth-order valence-electron chi connectivity index (χ4n) is 9.38. The van der Waals surface area contributed by atoms with Crippen molar-refractivity contribution >= 4 is 68.5 Å². The summed E-state index contributed by atoms with van der Waals surface area (Å²) in [5, 5.41) is 12.8. The fourth-order valence-corrected chi connectivity index (χ4v) is 9.51. The second kappa shape index (κ2) is 14.5. The summed E-state index contributed by atoms with van der Waals surface area (Å²) in [6.45, 7) is 11.1. The van der Waals surface area contributed by atoms with Gasteiger partial charge in [0.15, 0.2) is 5.82 Å². The van der Waals surface area contributed by atoms with Gasteiger partial charge in [0.05, 0.1) is 35.2 Å². The second-order valence-electron chi connectivity index (χ2n) is 16.6. The van der Waals surface area contributed by atoms with Gasteiger partial charge in [-0.3, -0.25) is 33.8 Å². The van der Waals surface area contributed by atoms with Crippen LogP contribution in [0, 0.1) is 11.3 Å². The van der Waals surface area contributed by atoms with Crippen molar-refractivity contribution in [2.24, 2.45) is 18.4 Å². The highest BCUT2D eigenvalue weighted by atomic mass is 35.5. The summed E-state index contributed by atoms with van der Waals surface area (Å²) in [7, 11) is 1.93. The molecule has 1 aromatic carbocycles. The summed E-state index contributed by atoms with van der Waals surface area (Å²) in [4.78, 5) is 58.0. The number of anilines is 4. The minimum absolute atomic E-state index is 0.00177. The molecule has 1 aliphatic carbocycles. The first-order valence-corrected chi connectivity index (χ1v) is 20.2. The molecule has 1 spiro atoms. The van der Waals surface area contributed by atoms with Crippen molar-refractivity contribution in [2.45, 2.75) is 64.3 Å². The lowest BCUT2D eigenvalue weighted by atomic mass is 9.66. The third-order valence-electron chi connectivity index (χ3n) is 12.5. The first kappa shape index (κ1) is 36.6. The summed E-state index contributed by atoms with van der Waals surface area (Å²) >= 11 is 6.55. The number of piperidine rings is 1. The van der Waals surface area contributed by atoms with Crippen LogP contribution in [-0.2, 0) is 16.6 Å². The molecule has 5 aromatic rings. The van der Waals surface area contributed by atoms with Gasteiger partial charge in [0.25, 0.3) is 5.56 Å². The zero-order valence-electron chi connectivity index (χ0n) is 32.2. The number of nitrogens with zero attached hydrogens (tertiary/aromatic N) is 9. The molecule has 14 nitrogen and oxygen atoms in total. The van der Waals surface area contributed by atoms with Crippen molar-refractivity contribution < 1.29 is 9.59 Å². The van der Waals surface area contributed by atoms with Crippen LogP contribution in [0.4, 0.5) is 23.1 Å². The Morgan fingerprint density at radius 2 is 1.73 bits per heavy atom. The Morgan fingerprint density at radius 3 is 2.48 bits per heavy atom. The van der Waals surface area contributed by atoms with E-state index in [1.165, 1.54) is 31.4 Å². The van der Waals surface area contributed by atoms with Gasteiger partial charge in [-0.2, -0.15) is 10.1 Å². The number of hydrogen-bond acceptors (Lipinski definition) is 11. The number of nitrogens with one attached hydrogen (secondary N) is 2. The molecule has 1 saturated carbocycles. The number of pyridine rings is 2. The molecule has 4 aliphatic rings. The normalized spacial score (nSPS) is 20.6. The van der Waals surface area contributed by atoms with Crippen LogP contribution >= 0.6 is 11.6 Å². The number of amides is 2. The molecule has 1 atom stereocenters. The van der Waals surface area contributed by atoms with Crippen LogP contribution in [0.1, 0.15) is 70.0 Å². The average Bonchev–Trinajstić information content (AvgIpc) is 3.50. The summed E-state index contributed by atoms with van der Waals surface area (Å²) < 4.78 is 3.56. The quantitative estimate of drug-likeness (QED) is 0.196. The molecular weight excluding hydrogens is 730 g/mol. The number of benzene rings is 1. The van der Waals surface area contributed by atoms with Gasteiger partial charge in [-0.05, 0) is 82.2 Å². The number of rotatable bonds is 8. The number of halogens is 1. The maximum atomic E-state index is 12.6. The number of aromatic nitrogens is 6. The van der Waals surface area contributed by atoms with E-state index >= 15 is 0 Å². The van der Waals surface area contributed by atoms with Crippen molar-refractivity contribution in [1.29, 1.82) is 0 Å². The molecule has 0 radical (unpaired) electrons. The Morgan fingerprint density at radius 1 is 0.946 bits per heavy atom. The van der Waals surface area contributed by atoms with Gasteiger partial charge in [0, 0.05) is 93.3 Å². The van der Waals surface area contributed by atoms with E-state index in [-0.39, 0.29) is 23.4 Å². The standard InChI is InChI=1S/C41H48ClN11O3/c1-25(2)53-35(55)9-4-27-18-28(20-43-38(27)53)45-37-32(42)21-44-40(47-37)52-23-41(24-52)12-10-26(11-13-41)22-50-14-16-51(17-15-50)29-5-6-30-33(19-29)49(3)48-36(30)31-7-8-34(54)46-39(31)56/h4-6,9,18-21,25-26,31H,7-8,10-17,22-24H2,1-3H3,(H,44,45,47)(H,46,54,56). The predicted octanol–water partition coefficient (Wildman–Crippen LogP) is 5.39. The molecule has 292 valence electrons. The van der Waals surface area contributed by atoms with Gasteiger partial charge in [0.2, 0.25) is 17.8 Å². The van der Waals surface area contributed by atoms with E-state index < -0.39 is 5.92 Å². The highest BCUT2D eigenvalue weighted by molar-refractivity contribution is 6.33. The molecule has 7 heterocycles. The Kier molecular flexibility index (Phi) is 9.43. The minimum Gasteiger partial charge on any atom is -0.369 e. The number of hydrogen-bond donors (Lipinski definition) is 2. The maximum absolute atomic E-state index is 12.6. The molecule has 4 fully saturated rings. The first-order chi connectivity index (χ1) is 27.0. The van der Waals surface area contributed by atoms with Gasteiger partial charge in [-0.15, -0.1) is 0 Å². The van der Waals surface area contributed by atoms with Gasteiger partial charge < -0.3 is 15.1 Å². The van der Waals surface area contributed by atoms with Crippen LogP contribution in [0.2, 0.25) is 5.02 Å². The summed E-state index contributed by atoms with van der Waals surface area (Å²) in [5.41, 5.74) is 4.59. The van der Waals surface area contributed by atoms with Crippen LogP contribution < -0.4 is 26.0 Å². The molecule has 4 aromatic heterocycles. The van der Waals surface area contributed by atoms with Gasteiger partial charge >= 0.3 is 0 Å². The SMILES string of the molecule is CC(C)n1c(=O)ccc2cc(Nc3nc(N4CC5(CCC(CN6CCN(c7ccc8c(C9CCC(=O)NC9=O)nn(C)c8c7)CC6)CC5)C4)ncc3Cl)cnc21. The summed E-state index contributed by atoms with van der Waals surface area (Å²) in [6.07, 6.45) is 9.15. The smallest absolute Gasteiger partial charge is 0.252 e. The fraction of sp³-hybridized carbons (Fsp3) is 0.488. The first-order valence-electron chi connectivity index (χ1n) is 19.9. The van der Waals surface area contributed by atoms with Crippen molar-refractivity contribution in [3.63, 3.8) is 0 Å². The van der Waals surface area contributed by atoms with Crippen molar-refractivity contribution in [3.05, 3.63) is 69.9 Å². The molecule has 1 unspecified atom stereocenters. The monoisotopic (exact) mass is 777 g/mol. The Balaban J connectivity index is 0.762. The van der Waals surface area contributed by atoms with E-state index in [1.54, 1.807) is 29.1 Å². The third kappa shape index (κ3) is 6.87. The maximum Gasteiger partial charge on any atom is 0.252 e. The highest BCUT2D eigenvalue weighted by Gasteiger charge is 2.46. The Labute approximate surface area is 330 Å². The van der Waals surface area contributed by atoms with Crippen LogP contribution in [-0.4, -0.2) is 91.8 Å². The second-order valence-corrected chi connectivity index (χ2v) is 17.0. The van der Waals surface area contributed by atoms with E-state index in [4.69, 9.17) is 21.7 Å². The van der Waals surface area contributed by atoms with E-state index in [9.17, 15) is 14.4 Å². The van der Waals surface area contributed by atoms with Crippen LogP contribution in [0.25, 0.3) is 21.9 Å². The number of piperazine rings is 1. The lowest BCUT2D eigenvalue weighted by molar-refractivity contribution is -0.134. The number of carbonyl (C=O) groups is 2. The van der Waals surface area contributed by atoms with E-state index in [0.717, 1.165) is 73.5 Å². The predicted molar refractivity (Wildman–Crippen MR) is 218 cm³/mol. The molecule has 2 N–H and O–H groups in total. The molecule has 3 saturated heterocycles. The molecule has 0 bridgehead atoms. The van der Waals surface area contributed by atoms with E-state index in [1.807, 2.05) is 31.6 Å². The summed E-state index contributed by atoms with van der Waals surface area (Å²) in [6, 6.07) is 11.8. The highest BCUT2D eigenvalue weighted by Crippen LogP contribution is 2.47. The zero-order valence-corrected chi connectivity index (χ0v) is 32.9. The molecular formula is C41H48ClN11O3. The average molecular weight is 778 g/mol. The molecule has 2 amide bonds. The number of carbonyl (C=O) groups excluding carboxylic acids is 2. The van der Waals surface area contributed by atoms with E-state index in [0.29, 0.717) is 46.6 Å². The van der Waals surface area contributed by atoms with Crippen molar-refractivity contribution in [3.8, 4) is 0 Å². The van der Waals surface area contributed by atoms with Crippen LogP contribution in [0.15, 0.2) is 53.6 Å². The van der Waals surface area contributed by atoms with Crippen molar-refractivity contribution in [1.82, 2.24) is 39.5 Å².